The summed E-state index contributed by atoms with van der Waals surface area (Å²) in [6.07, 6.45) is 6.44. The minimum Gasteiger partial charge on any atom is -0.365 e. The Labute approximate surface area is 154 Å². The second-order valence-electron chi connectivity index (χ2n) is 7.59. The number of anilines is 1. The van der Waals surface area contributed by atoms with E-state index in [1.165, 1.54) is 36.9 Å². The van der Waals surface area contributed by atoms with Gasteiger partial charge in [-0.05, 0) is 68.6 Å². The Balaban J connectivity index is 1.41. The van der Waals surface area contributed by atoms with E-state index in [4.69, 9.17) is 4.98 Å². The Morgan fingerprint density at radius 3 is 2.65 bits per heavy atom. The van der Waals surface area contributed by atoms with Crippen LogP contribution in [-0.2, 0) is 0 Å². The number of hydrogen-bond donors (Lipinski definition) is 1. The third-order valence-electron chi connectivity index (χ3n) is 6.21. The quantitative estimate of drug-likeness (QED) is 0.773. The van der Waals surface area contributed by atoms with Gasteiger partial charge in [-0.3, -0.25) is 9.88 Å². The van der Waals surface area contributed by atoms with Crippen molar-refractivity contribution in [3.8, 4) is 11.1 Å². The Morgan fingerprint density at radius 1 is 1.00 bits per heavy atom. The summed E-state index contributed by atoms with van der Waals surface area (Å²) < 4.78 is 0. The molecule has 0 radical (unpaired) electrons. The smallest absolute Gasteiger partial charge is 0.126 e. The SMILES string of the molecule is C[C@@H]1[C@@H](Nc2ccc(-c3cccc4ncccc34)cn2)C2CCN1CC2. The number of fused-ring (bicyclic) bond motifs is 4. The molecular formula is C22H24N4. The van der Waals surface area contributed by atoms with Crippen molar-refractivity contribution in [2.75, 3.05) is 18.4 Å². The number of aromatic nitrogens is 2. The van der Waals surface area contributed by atoms with E-state index in [9.17, 15) is 0 Å². The van der Waals surface area contributed by atoms with E-state index in [1.807, 2.05) is 18.5 Å². The molecule has 0 amide bonds. The summed E-state index contributed by atoms with van der Waals surface area (Å²) in [6, 6.07) is 15.8. The van der Waals surface area contributed by atoms with Gasteiger partial charge in [-0.2, -0.15) is 0 Å². The van der Waals surface area contributed by atoms with Crippen LogP contribution in [0.5, 0.6) is 0 Å². The van der Waals surface area contributed by atoms with Crippen LogP contribution in [-0.4, -0.2) is 40.0 Å². The van der Waals surface area contributed by atoms with E-state index < -0.39 is 0 Å². The molecule has 1 aromatic carbocycles. The fourth-order valence-electron chi connectivity index (χ4n) is 4.71. The van der Waals surface area contributed by atoms with Crippen molar-refractivity contribution < 1.29 is 0 Å². The highest BCUT2D eigenvalue weighted by Gasteiger charge is 2.39. The van der Waals surface area contributed by atoms with Gasteiger partial charge in [0.1, 0.15) is 5.82 Å². The van der Waals surface area contributed by atoms with E-state index in [1.54, 1.807) is 0 Å². The maximum atomic E-state index is 4.72. The first-order valence-electron chi connectivity index (χ1n) is 9.60. The first kappa shape index (κ1) is 15.8. The standard InChI is InChI=1S/C22H24N4/c1-15-22(16-9-12-26(15)13-10-16)25-21-8-7-17(14-24-21)18-4-2-6-20-19(18)5-3-11-23-20/h2-8,11,14-16,22H,9-10,12-13H2,1H3,(H,24,25)/t15-,22-/m1/s1. The Bertz CT molecular complexity index is 906. The topological polar surface area (TPSA) is 41.1 Å². The van der Waals surface area contributed by atoms with E-state index in [0.29, 0.717) is 12.1 Å². The monoisotopic (exact) mass is 344 g/mol. The lowest BCUT2D eigenvalue weighted by atomic mass is 9.79. The second kappa shape index (κ2) is 6.36. The van der Waals surface area contributed by atoms with Gasteiger partial charge in [0, 0.05) is 35.4 Å². The van der Waals surface area contributed by atoms with Crippen molar-refractivity contribution >= 4 is 16.7 Å². The van der Waals surface area contributed by atoms with Gasteiger partial charge in [0.05, 0.1) is 5.52 Å². The summed E-state index contributed by atoms with van der Waals surface area (Å²) in [5.74, 6) is 1.76. The van der Waals surface area contributed by atoms with Crippen molar-refractivity contribution in [1.82, 2.24) is 14.9 Å². The highest BCUT2D eigenvalue weighted by molar-refractivity contribution is 5.94. The summed E-state index contributed by atoms with van der Waals surface area (Å²) in [5.41, 5.74) is 3.34. The van der Waals surface area contributed by atoms with Crippen LogP contribution in [0.1, 0.15) is 19.8 Å². The molecule has 0 saturated carbocycles. The molecule has 4 heteroatoms. The number of pyridine rings is 2. The van der Waals surface area contributed by atoms with Crippen molar-refractivity contribution in [1.29, 1.82) is 0 Å². The number of piperidine rings is 3. The van der Waals surface area contributed by atoms with Crippen LogP contribution in [0.15, 0.2) is 54.9 Å². The van der Waals surface area contributed by atoms with Gasteiger partial charge in [-0.1, -0.05) is 18.2 Å². The van der Waals surface area contributed by atoms with E-state index in [0.717, 1.165) is 22.8 Å². The molecule has 5 heterocycles. The van der Waals surface area contributed by atoms with Gasteiger partial charge in [0.2, 0.25) is 0 Å². The summed E-state index contributed by atoms with van der Waals surface area (Å²) in [4.78, 5) is 11.8. The maximum Gasteiger partial charge on any atom is 0.126 e. The maximum absolute atomic E-state index is 4.72. The van der Waals surface area contributed by atoms with Crippen LogP contribution < -0.4 is 5.32 Å². The number of rotatable bonds is 3. The summed E-state index contributed by atoms with van der Waals surface area (Å²) in [5, 5.41) is 4.88. The Hall–Kier alpha value is -2.46. The molecule has 1 N–H and O–H groups in total. The lowest BCUT2D eigenvalue weighted by molar-refractivity contribution is 0.0457. The molecule has 3 fully saturated rings. The first-order valence-corrected chi connectivity index (χ1v) is 9.60. The molecule has 0 spiro atoms. The molecule has 2 aromatic heterocycles. The number of hydrogen-bond acceptors (Lipinski definition) is 4. The number of nitrogens with zero attached hydrogens (tertiary/aromatic N) is 3. The van der Waals surface area contributed by atoms with Crippen molar-refractivity contribution in [2.45, 2.75) is 31.8 Å². The first-order chi connectivity index (χ1) is 12.8. The molecule has 0 aliphatic carbocycles. The Kier molecular flexibility index (Phi) is 3.86. The van der Waals surface area contributed by atoms with Crippen LogP contribution in [0, 0.1) is 5.92 Å². The molecule has 3 aliphatic rings. The molecule has 2 bridgehead atoms. The molecule has 6 rings (SSSR count). The fraction of sp³-hybridized carbons (Fsp3) is 0.364. The predicted octanol–water partition coefficient (Wildman–Crippen LogP) is 4.19. The van der Waals surface area contributed by atoms with Crippen molar-refractivity contribution in [2.24, 2.45) is 5.92 Å². The van der Waals surface area contributed by atoms with Crippen molar-refractivity contribution in [3.63, 3.8) is 0 Å². The zero-order valence-electron chi connectivity index (χ0n) is 15.1. The zero-order chi connectivity index (χ0) is 17.5. The minimum absolute atomic E-state index is 0.512. The number of benzene rings is 1. The normalized spacial score (nSPS) is 27.6. The largest absolute Gasteiger partial charge is 0.365 e. The second-order valence-corrected chi connectivity index (χ2v) is 7.59. The fourth-order valence-corrected chi connectivity index (χ4v) is 4.71. The van der Waals surface area contributed by atoms with Gasteiger partial charge >= 0.3 is 0 Å². The molecule has 2 atom stereocenters. The van der Waals surface area contributed by atoms with Crippen LogP contribution in [0.4, 0.5) is 5.82 Å². The predicted molar refractivity (Wildman–Crippen MR) is 106 cm³/mol. The summed E-state index contributed by atoms with van der Waals surface area (Å²) >= 11 is 0. The highest BCUT2D eigenvalue weighted by Crippen LogP contribution is 2.34. The average Bonchev–Trinajstić information content (AvgIpc) is 2.71. The summed E-state index contributed by atoms with van der Waals surface area (Å²) in [6.45, 7) is 4.86. The third-order valence-corrected chi connectivity index (χ3v) is 6.21. The van der Waals surface area contributed by atoms with Crippen LogP contribution in [0.2, 0.25) is 0 Å². The third kappa shape index (κ3) is 2.65. The lowest BCUT2D eigenvalue weighted by Gasteiger charge is -2.50. The highest BCUT2D eigenvalue weighted by atomic mass is 15.2. The van der Waals surface area contributed by atoms with Gasteiger partial charge in [0.25, 0.3) is 0 Å². The molecule has 3 saturated heterocycles. The molecule has 3 aliphatic heterocycles. The molecular weight excluding hydrogens is 320 g/mol. The van der Waals surface area contributed by atoms with Crippen molar-refractivity contribution in [3.05, 3.63) is 54.9 Å². The lowest BCUT2D eigenvalue weighted by Crippen LogP contribution is -2.59. The van der Waals surface area contributed by atoms with Gasteiger partial charge in [-0.15, -0.1) is 0 Å². The van der Waals surface area contributed by atoms with Gasteiger partial charge in [-0.25, -0.2) is 4.98 Å². The van der Waals surface area contributed by atoms with E-state index in [-0.39, 0.29) is 0 Å². The number of nitrogens with one attached hydrogen (secondary N) is 1. The molecule has 26 heavy (non-hydrogen) atoms. The minimum atomic E-state index is 0.512. The van der Waals surface area contributed by atoms with E-state index in [2.05, 4.69) is 58.5 Å². The van der Waals surface area contributed by atoms with Crippen LogP contribution >= 0.6 is 0 Å². The zero-order valence-corrected chi connectivity index (χ0v) is 15.1. The van der Waals surface area contributed by atoms with Gasteiger partial charge in [0.15, 0.2) is 0 Å². The Morgan fingerprint density at radius 2 is 1.88 bits per heavy atom. The molecule has 132 valence electrons. The average molecular weight is 344 g/mol. The molecule has 4 nitrogen and oxygen atoms in total. The summed E-state index contributed by atoms with van der Waals surface area (Å²) in [7, 11) is 0. The van der Waals surface area contributed by atoms with E-state index >= 15 is 0 Å². The van der Waals surface area contributed by atoms with Gasteiger partial charge < -0.3 is 5.32 Å². The van der Waals surface area contributed by atoms with Crippen LogP contribution in [0.3, 0.4) is 0 Å². The molecule has 3 aromatic rings. The molecule has 0 unspecified atom stereocenters. The van der Waals surface area contributed by atoms with Crippen LogP contribution in [0.25, 0.3) is 22.0 Å².